The number of hydrogen-bond donors (Lipinski definition) is 1. The maximum atomic E-state index is 13.5. The van der Waals surface area contributed by atoms with Crippen LogP contribution in [0.1, 0.15) is 45.6 Å². The molecule has 4 rings (SSSR count). The summed E-state index contributed by atoms with van der Waals surface area (Å²) < 4.78 is 0. The van der Waals surface area contributed by atoms with Gasteiger partial charge in [0.1, 0.15) is 0 Å². The van der Waals surface area contributed by atoms with Crippen LogP contribution in [0.5, 0.6) is 0 Å². The van der Waals surface area contributed by atoms with Crippen molar-refractivity contribution in [3.63, 3.8) is 0 Å². The summed E-state index contributed by atoms with van der Waals surface area (Å²) in [4.78, 5) is 18.3. The van der Waals surface area contributed by atoms with Gasteiger partial charge in [0.15, 0.2) is 0 Å². The molecule has 1 N–H and O–H groups in total. The lowest BCUT2D eigenvalue weighted by molar-refractivity contribution is 0.0941. The average Bonchev–Trinajstić information content (AvgIpc) is 2.75. The number of fused-ring (bicyclic) bond motifs is 1. The average molecular weight is 429 g/mol. The molecule has 1 atom stereocenters. The van der Waals surface area contributed by atoms with Crippen molar-refractivity contribution >= 4 is 28.4 Å². The van der Waals surface area contributed by atoms with Gasteiger partial charge >= 0.3 is 0 Å². The molecule has 0 radical (unpaired) electrons. The second-order valence-corrected chi connectivity index (χ2v) is 8.46. The molecule has 0 spiro atoms. The lowest BCUT2D eigenvalue weighted by Crippen LogP contribution is -2.28. The van der Waals surface area contributed by atoms with Gasteiger partial charge < -0.3 is 5.32 Å². The summed E-state index contributed by atoms with van der Waals surface area (Å²) in [5, 5.41) is 4.67. The summed E-state index contributed by atoms with van der Waals surface area (Å²) in [6.07, 6.45) is 0. The summed E-state index contributed by atoms with van der Waals surface area (Å²) in [5.74, 6) is -0.106. The summed E-state index contributed by atoms with van der Waals surface area (Å²) >= 11 is 6.22. The first-order valence-electron chi connectivity index (χ1n) is 10.4. The molecule has 31 heavy (non-hydrogen) atoms. The fourth-order valence-electron chi connectivity index (χ4n) is 3.90. The number of pyridine rings is 1. The van der Waals surface area contributed by atoms with Gasteiger partial charge in [-0.05, 0) is 68.1 Å². The summed E-state index contributed by atoms with van der Waals surface area (Å²) in [7, 11) is 0. The van der Waals surface area contributed by atoms with Crippen LogP contribution in [0.4, 0.5) is 0 Å². The van der Waals surface area contributed by atoms with E-state index in [4.69, 9.17) is 16.6 Å². The molecule has 4 heteroatoms. The van der Waals surface area contributed by atoms with Crippen LogP contribution in [0.3, 0.4) is 0 Å². The summed E-state index contributed by atoms with van der Waals surface area (Å²) in [5.41, 5.74) is 7.48. The van der Waals surface area contributed by atoms with Crippen molar-refractivity contribution in [3.8, 4) is 11.3 Å². The van der Waals surface area contributed by atoms with E-state index in [1.165, 1.54) is 11.1 Å². The van der Waals surface area contributed by atoms with Gasteiger partial charge in [0.25, 0.3) is 5.91 Å². The van der Waals surface area contributed by atoms with E-state index < -0.39 is 0 Å². The first-order valence-corrected chi connectivity index (χ1v) is 10.8. The molecule has 0 saturated carbocycles. The molecule has 0 saturated heterocycles. The summed E-state index contributed by atoms with van der Waals surface area (Å²) in [6, 6.07) is 21.5. The van der Waals surface area contributed by atoms with Crippen LogP contribution in [0.15, 0.2) is 66.7 Å². The highest BCUT2D eigenvalue weighted by atomic mass is 35.5. The Kier molecular flexibility index (Phi) is 5.79. The van der Waals surface area contributed by atoms with Gasteiger partial charge in [-0.25, -0.2) is 4.98 Å². The number of carbonyl (C=O) groups excluding carboxylic acids is 1. The molecule has 1 aromatic heterocycles. The molecular weight excluding hydrogens is 404 g/mol. The fraction of sp³-hybridized carbons (Fsp3) is 0.185. The number of carbonyl (C=O) groups is 1. The van der Waals surface area contributed by atoms with Crippen LogP contribution in [0, 0.1) is 20.8 Å². The van der Waals surface area contributed by atoms with Crippen LogP contribution >= 0.6 is 11.6 Å². The van der Waals surface area contributed by atoms with Gasteiger partial charge in [-0.2, -0.15) is 0 Å². The third-order valence-corrected chi connectivity index (χ3v) is 6.07. The molecule has 0 fully saturated rings. The highest BCUT2D eigenvalue weighted by Crippen LogP contribution is 2.31. The predicted molar refractivity (Wildman–Crippen MR) is 129 cm³/mol. The number of halogens is 1. The maximum Gasteiger partial charge on any atom is 0.252 e. The van der Waals surface area contributed by atoms with E-state index in [1.54, 1.807) is 0 Å². The number of aromatic nitrogens is 1. The van der Waals surface area contributed by atoms with Crippen molar-refractivity contribution in [1.82, 2.24) is 10.3 Å². The van der Waals surface area contributed by atoms with E-state index in [0.29, 0.717) is 10.6 Å². The van der Waals surface area contributed by atoms with Crippen LogP contribution in [0.25, 0.3) is 22.2 Å². The van der Waals surface area contributed by atoms with E-state index >= 15 is 0 Å². The van der Waals surface area contributed by atoms with Gasteiger partial charge in [0.2, 0.25) is 0 Å². The summed E-state index contributed by atoms with van der Waals surface area (Å²) in [6.45, 7) is 8.14. The first-order chi connectivity index (χ1) is 14.8. The van der Waals surface area contributed by atoms with Gasteiger partial charge in [-0.15, -0.1) is 0 Å². The fourth-order valence-corrected chi connectivity index (χ4v) is 4.09. The molecule has 156 valence electrons. The third kappa shape index (κ3) is 4.19. The molecule has 0 aliphatic rings. The van der Waals surface area contributed by atoms with Crippen molar-refractivity contribution in [3.05, 3.63) is 99.6 Å². The minimum atomic E-state index is -0.118. The highest BCUT2D eigenvalue weighted by molar-refractivity contribution is 6.30. The zero-order valence-electron chi connectivity index (χ0n) is 18.2. The molecule has 4 aromatic rings. The van der Waals surface area contributed by atoms with E-state index in [0.717, 1.165) is 33.3 Å². The molecule has 1 amide bonds. The largest absolute Gasteiger partial charge is 0.345 e. The molecule has 1 heterocycles. The number of nitrogens with one attached hydrogen (secondary N) is 1. The smallest absolute Gasteiger partial charge is 0.252 e. The van der Waals surface area contributed by atoms with Crippen molar-refractivity contribution in [1.29, 1.82) is 0 Å². The zero-order valence-corrected chi connectivity index (χ0v) is 18.9. The van der Waals surface area contributed by atoms with E-state index in [-0.39, 0.29) is 11.9 Å². The Morgan fingerprint density at radius 2 is 1.71 bits per heavy atom. The van der Waals surface area contributed by atoms with E-state index in [9.17, 15) is 4.79 Å². The Labute approximate surface area is 188 Å². The molecule has 1 unspecified atom stereocenters. The van der Waals surface area contributed by atoms with Crippen LogP contribution in [-0.2, 0) is 0 Å². The Morgan fingerprint density at radius 1 is 0.935 bits per heavy atom. The number of benzene rings is 3. The second kappa shape index (κ2) is 8.52. The minimum Gasteiger partial charge on any atom is -0.345 e. The number of para-hydroxylation sites is 1. The molecule has 0 aliphatic carbocycles. The minimum absolute atomic E-state index is 0.106. The monoisotopic (exact) mass is 428 g/mol. The Morgan fingerprint density at radius 3 is 2.45 bits per heavy atom. The standard InChI is InChI=1S/C27H25ClN2O/c1-16-12-13-20(14-17(16)2)19(4)29-27(31)25-18(3)26(21-8-7-9-22(28)15-21)30-24-11-6-5-10-23(24)25/h5-15,19H,1-4H3,(H,29,31). The quantitative estimate of drug-likeness (QED) is 0.381. The normalized spacial score (nSPS) is 12.0. The maximum absolute atomic E-state index is 13.5. The zero-order chi connectivity index (χ0) is 22.1. The molecule has 0 bridgehead atoms. The SMILES string of the molecule is Cc1ccc(C(C)NC(=O)c2c(C)c(-c3cccc(Cl)c3)nc3ccccc23)cc1C. The number of rotatable bonds is 4. The second-order valence-electron chi connectivity index (χ2n) is 8.03. The number of aryl methyl sites for hydroxylation is 2. The predicted octanol–water partition coefficient (Wildman–Crippen LogP) is 6.97. The number of hydrogen-bond acceptors (Lipinski definition) is 2. The molecular formula is C27H25ClN2O. The molecule has 3 nitrogen and oxygen atoms in total. The van der Waals surface area contributed by atoms with E-state index in [2.05, 4.69) is 37.4 Å². The van der Waals surface area contributed by atoms with Crippen LogP contribution in [0.2, 0.25) is 5.02 Å². The van der Waals surface area contributed by atoms with E-state index in [1.807, 2.05) is 62.4 Å². The van der Waals surface area contributed by atoms with Crippen molar-refractivity contribution in [2.45, 2.75) is 33.7 Å². The van der Waals surface area contributed by atoms with Gasteiger partial charge in [0.05, 0.1) is 22.8 Å². The topological polar surface area (TPSA) is 42.0 Å². The first kappa shape index (κ1) is 21.1. The van der Waals surface area contributed by atoms with Gasteiger partial charge in [-0.1, -0.05) is 60.1 Å². The van der Waals surface area contributed by atoms with Crippen LogP contribution in [-0.4, -0.2) is 10.9 Å². The van der Waals surface area contributed by atoms with Crippen LogP contribution < -0.4 is 5.32 Å². The highest BCUT2D eigenvalue weighted by Gasteiger charge is 2.21. The number of nitrogens with zero attached hydrogens (tertiary/aromatic N) is 1. The van der Waals surface area contributed by atoms with Crippen molar-refractivity contribution < 1.29 is 4.79 Å². The Hall–Kier alpha value is -3.17. The number of amides is 1. The lowest BCUT2D eigenvalue weighted by Gasteiger charge is -2.19. The van der Waals surface area contributed by atoms with Crippen molar-refractivity contribution in [2.75, 3.05) is 0 Å². The molecule has 3 aromatic carbocycles. The van der Waals surface area contributed by atoms with Gasteiger partial charge in [-0.3, -0.25) is 4.79 Å². The van der Waals surface area contributed by atoms with Crippen molar-refractivity contribution in [2.24, 2.45) is 0 Å². The van der Waals surface area contributed by atoms with Gasteiger partial charge in [0, 0.05) is 16.0 Å². The molecule has 0 aliphatic heterocycles. The Balaban J connectivity index is 1.79. The lowest BCUT2D eigenvalue weighted by atomic mass is 9.96. The third-order valence-electron chi connectivity index (χ3n) is 5.84. The Bertz CT molecular complexity index is 1300.